The molecule has 23 heavy (non-hydrogen) atoms. The summed E-state index contributed by atoms with van der Waals surface area (Å²) in [7, 11) is 0. The summed E-state index contributed by atoms with van der Waals surface area (Å²) in [6.45, 7) is 2.78. The van der Waals surface area contributed by atoms with E-state index in [0.29, 0.717) is 5.76 Å². The van der Waals surface area contributed by atoms with Crippen molar-refractivity contribution in [1.82, 2.24) is 20.1 Å². The van der Waals surface area contributed by atoms with Crippen molar-refractivity contribution >= 4 is 16.9 Å². The highest BCUT2D eigenvalue weighted by molar-refractivity contribution is 5.96. The summed E-state index contributed by atoms with van der Waals surface area (Å²) in [4.78, 5) is 12.4. The minimum absolute atomic E-state index is 0.0736. The predicted octanol–water partition coefficient (Wildman–Crippen LogP) is 2.33. The van der Waals surface area contributed by atoms with Crippen LogP contribution in [0.3, 0.4) is 0 Å². The molecule has 0 unspecified atom stereocenters. The van der Waals surface area contributed by atoms with E-state index in [2.05, 4.69) is 27.0 Å². The molecule has 1 aliphatic heterocycles. The van der Waals surface area contributed by atoms with Gasteiger partial charge in [0.1, 0.15) is 17.2 Å². The first kappa shape index (κ1) is 14.0. The van der Waals surface area contributed by atoms with Gasteiger partial charge in [0.2, 0.25) is 0 Å². The number of rotatable bonds is 3. The van der Waals surface area contributed by atoms with E-state index in [4.69, 9.17) is 4.42 Å². The van der Waals surface area contributed by atoms with E-state index < -0.39 is 0 Å². The Hall–Kier alpha value is -2.63. The second-order valence-electron chi connectivity index (χ2n) is 5.85. The van der Waals surface area contributed by atoms with Crippen LogP contribution in [0.15, 0.2) is 34.7 Å². The number of aryl methyl sites for hydroxylation is 2. The molecule has 1 aliphatic rings. The van der Waals surface area contributed by atoms with Gasteiger partial charge >= 0.3 is 0 Å². The number of nitrogens with zero attached hydrogens (tertiary/aromatic N) is 3. The van der Waals surface area contributed by atoms with Gasteiger partial charge in [-0.25, -0.2) is 0 Å². The number of hydrogen-bond acceptors (Lipinski definition) is 4. The van der Waals surface area contributed by atoms with Gasteiger partial charge in [-0.15, -0.1) is 10.2 Å². The van der Waals surface area contributed by atoms with Gasteiger partial charge in [0.05, 0.1) is 0 Å². The maximum atomic E-state index is 12.4. The molecule has 3 aromatic rings. The van der Waals surface area contributed by atoms with E-state index in [1.807, 2.05) is 24.3 Å². The van der Waals surface area contributed by atoms with E-state index in [-0.39, 0.29) is 11.9 Å². The van der Waals surface area contributed by atoms with Crippen molar-refractivity contribution in [3.63, 3.8) is 0 Å². The third-order valence-electron chi connectivity index (χ3n) is 4.32. The smallest absolute Gasteiger partial charge is 0.287 e. The van der Waals surface area contributed by atoms with Gasteiger partial charge in [-0.3, -0.25) is 4.79 Å². The van der Waals surface area contributed by atoms with Crippen molar-refractivity contribution in [2.24, 2.45) is 0 Å². The quantitative estimate of drug-likeness (QED) is 0.806. The van der Waals surface area contributed by atoms with Crippen molar-refractivity contribution in [2.75, 3.05) is 0 Å². The molecule has 4 rings (SSSR count). The first-order valence-corrected chi connectivity index (χ1v) is 7.95. The Balaban J connectivity index is 1.51. The molecule has 118 valence electrons. The van der Waals surface area contributed by atoms with E-state index in [9.17, 15) is 4.79 Å². The van der Waals surface area contributed by atoms with Crippen molar-refractivity contribution < 1.29 is 9.21 Å². The molecule has 1 aromatic carbocycles. The van der Waals surface area contributed by atoms with Crippen LogP contribution in [-0.2, 0) is 19.4 Å². The van der Waals surface area contributed by atoms with Crippen LogP contribution in [0.1, 0.15) is 35.5 Å². The molecular weight excluding hydrogens is 292 g/mol. The van der Waals surface area contributed by atoms with Gasteiger partial charge in [-0.1, -0.05) is 25.1 Å². The van der Waals surface area contributed by atoms with Crippen molar-refractivity contribution in [2.45, 2.75) is 38.8 Å². The van der Waals surface area contributed by atoms with Crippen LogP contribution in [0.2, 0.25) is 0 Å². The minimum Gasteiger partial charge on any atom is -0.451 e. The number of benzene rings is 1. The third-order valence-corrected chi connectivity index (χ3v) is 4.32. The average Bonchev–Trinajstić information content (AvgIpc) is 3.18. The highest BCUT2D eigenvalue weighted by atomic mass is 16.3. The predicted molar refractivity (Wildman–Crippen MR) is 85.2 cm³/mol. The maximum Gasteiger partial charge on any atom is 0.287 e. The number of carbonyl (C=O) groups is 1. The summed E-state index contributed by atoms with van der Waals surface area (Å²) < 4.78 is 7.75. The van der Waals surface area contributed by atoms with Gasteiger partial charge in [0.25, 0.3) is 5.91 Å². The molecule has 0 radical (unpaired) electrons. The Bertz CT molecular complexity index is 818. The van der Waals surface area contributed by atoms with Gasteiger partial charge in [0, 0.05) is 30.8 Å². The van der Waals surface area contributed by atoms with Crippen LogP contribution >= 0.6 is 0 Å². The van der Waals surface area contributed by atoms with E-state index in [0.717, 1.165) is 48.4 Å². The van der Waals surface area contributed by atoms with Crippen LogP contribution in [0.5, 0.6) is 0 Å². The number of furan rings is 1. The lowest BCUT2D eigenvalue weighted by molar-refractivity contribution is 0.0901. The molecule has 1 amide bonds. The molecule has 1 atom stereocenters. The third kappa shape index (κ3) is 2.50. The van der Waals surface area contributed by atoms with E-state index in [1.54, 1.807) is 6.07 Å². The van der Waals surface area contributed by atoms with Gasteiger partial charge in [-0.2, -0.15) is 0 Å². The lowest BCUT2D eigenvalue weighted by Gasteiger charge is -2.24. The molecule has 0 saturated heterocycles. The van der Waals surface area contributed by atoms with Crippen LogP contribution in [0, 0.1) is 0 Å². The van der Waals surface area contributed by atoms with Gasteiger partial charge in [0.15, 0.2) is 5.76 Å². The number of hydrogen-bond donors (Lipinski definition) is 1. The first-order chi connectivity index (χ1) is 11.2. The van der Waals surface area contributed by atoms with Gasteiger partial charge < -0.3 is 14.3 Å². The monoisotopic (exact) mass is 310 g/mol. The van der Waals surface area contributed by atoms with Crippen LogP contribution in [0.25, 0.3) is 11.0 Å². The summed E-state index contributed by atoms with van der Waals surface area (Å²) in [6, 6.07) is 9.49. The molecule has 6 nitrogen and oxygen atoms in total. The standard InChI is InChI=1S/C17H18N4O2/c1-2-15-19-20-16-8-7-12(10-21(15)16)18-17(22)14-9-11-5-3-4-6-13(11)23-14/h3-6,9,12H,2,7-8,10H2,1H3,(H,18,22)/t12-/m1/s1. The molecule has 0 fully saturated rings. The molecular formula is C17H18N4O2. The summed E-state index contributed by atoms with van der Waals surface area (Å²) in [5, 5.41) is 12.4. The molecule has 2 aromatic heterocycles. The average molecular weight is 310 g/mol. The maximum absolute atomic E-state index is 12.4. The summed E-state index contributed by atoms with van der Waals surface area (Å²) >= 11 is 0. The molecule has 0 saturated carbocycles. The largest absolute Gasteiger partial charge is 0.451 e. The number of para-hydroxylation sites is 1. The topological polar surface area (TPSA) is 73.0 Å². The summed E-state index contributed by atoms with van der Waals surface area (Å²) in [5.74, 6) is 2.18. The van der Waals surface area contributed by atoms with Crippen LogP contribution < -0.4 is 5.32 Å². The lowest BCUT2D eigenvalue weighted by atomic mass is 10.1. The van der Waals surface area contributed by atoms with Crippen LogP contribution in [-0.4, -0.2) is 26.7 Å². The highest BCUT2D eigenvalue weighted by Crippen LogP contribution is 2.20. The fourth-order valence-electron chi connectivity index (χ4n) is 3.11. The molecule has 0 aliphatic carbocycles. The number of aromatic nitrogens is 3. The summed E-state index contributed by atoms with van der Waals surface area (Å²) in [5.41, 5.74) is 0.732. The zero-order valence-electron chi connectivity index (χ0n) is 13.0. The zero-order valence-corrected chi connectivity index (χ0v) is 13.0. The summed E-state index contributed by atoms with van der Waals surface area (Å²) in [6.07, 6.45) is 2.54. The molecule has 3 heterocycles. The van der Waals surface area contributed by atoms with Crippen molar-refractivity contribution in [3.05, 3.63) is 47.7 Å². The molecule has 0 spiro atoms. The lowest BCUT2D eigenvalue weighted by Crippen LogP contribution is -2.41. The van der Waals surface area contributed by atoms with Crippen molar-refractivity contribution in [1.29, 1.82) is 0 Å². The number of amides is 1. The fraction of sp³-hybridized carbons (Fsp3) is 0.353. The van der Waals surface area contributed by atoms with Crippen molar-refractivity contribution in [3.8, 4) is 0 Å². The van der Waals surface area contributed by atoms with E-state index in [1.165, 1.54) is 0 Å². The normalized spacial score (nSPS) is 17.2. The van der Waals surface area contributed by atoms with Gasteiger partial charge in [-0.05, 0) is 18.6 Å². The number of nitrogens with one attached hydrogen (secondary N) is 1. The molecule has 0 bridgehead atoms. The highest BCUT2D eigenvalue weighted by Gasteiger charge is 2.24. The zero-order chi connectivity index (χ0) is 15.8. The fourth-order valence-corrected chi connectivity index (χ4v) is 3.11. The first-order valence-electron chi connectivity index (χ1n) is 7.95. The Labute approximate surface area is 133 Å². The Morgan fingerprint density at radius 3 is 3.09 bits per heavy atom. The SMILES string of the molecule is CCc1nnc2n1C[C@H](NC(=O)c1cc3ccccc3o1)CC2. The Kier molecular flexibility index (Phi) is 3.37. The van der Waals surface area contributed by atoms with Crippen LogP contribution in [0.4, 0.5) is 0 Å². The second-order valence-corrected chi connectivity index (χ2v) is 5.85. The Morgan fingerprint density at radius 1 is 1.39 bits per heavy atom. The number of carbonyl (C=O) groups excluding carboxylic acids is 1. The molecule has 6 heteroatoms. The second kappa shape index (κ2) is 5.53. The minimum atomic E-state index is -0.166. The Morgan fingerprint density at radius 2 is 2.26 bits per heavy atom. The molecule has 1 N–H and O–H groups in total. The van der Waals surface area contributed by atoms with E-state index >= 15 is 0 Å². The number of fused-ring (bicyclic) bond motifs is 2.